The van der Waals surface area contributed by atoms with Gasteiger partial charge in [0.05, 0.1) is 18.2 Å². The van der Waals surface area contributed by atoms with E-state index in [2.05, 4.69) is 11.7 Å². The molecule has 2 nitrogen and oxygen atoms in total. The Morgan fingerprint density at radius 3 is 3.00 bits per heavy atom. The zero-order valence-electron chi connectivity index (χ0n) is 7.03. The third kappa shape index (κ3) is 1.95. The van der Waals surface area contributed by atoms with E-state index in [1.54, 1.807) is 12.5 Å². The summed E-state index contributed by atoms with van der Waals surface area (Å²) < 4.78 is 4.92. The lowest BCUT2D eigenvalue weighted by molar-refractivity contribution is 0.566. The summed E-state index contributed by atoms with van der Waals surface area (Å²) in [5, 5.41) is 0. The summed E-state index contributed by atoms with van der Waals surface area (Å²) in [6, 6.07) is 1.85. The summed E-state index contributed by atoms with van der Waals surface area (Å²) >= 11 is 0. The van der Waals surface area contributed by atoms with E-state index >= 15 is 0 Å². The molecule has 0 saturated heterocycles. The standard InChI is InChI=1S/C10H11NO/c1-3-4-5-10(11-2)9-6-7-12-8-9/h3-8H,2H2,1H3/b4-3-,10-5-. The summed E-state index contributed by atoms with van der Waals surface area (Å²) in [6.07, 6.45) is 8.99. The van der Waals surface area contributed by atoms with E-state index < -0.39 is 0 Å². The maximum Gasteiger partial charge on any atom is 0.0996 e. The van der Waals surface area contributed by atoms with Gasteiger partial charge in [-0.15, -0.1) is 0 Å². The molecule has 2 heteroatoms. The van der Waals surface area contributed by atoms with Gasteiger partial charge in [-0.05, 0) is 25.8 Å². The van der Waals surface area contributed by atoms with Crippen LogP contribution >= 0.6 is 0 Å². The second-order valence-electron chi connectivity index (χ2n) is 2.25. The van der Waals surface area contributed by atoms with Gasteiger partial charge in [0.1, 0.15) is 0 Å². The van der Waals surface area contributed by atoms with E-state index in [-0.39, 0.29) is 0 Å². The zero-order chi connectivity index (χ0) is 8.81. The number of allylic oxidation sites excluding steroid dienone is 3. The van der Waals surface area contributed by atoms with Crippen LogP contribution in [0, 0.1) is 0 Å². The number of aliphatic imine (C=N–C) groups is 1. The maximum atomic E-state index is 4.92. The van der Waals surface area contributed by atoms with E-state index in [9.17, 15) is 0 Å². The average molecular weight is 161 g/mol. The highest BCUT2D eigenvalue weighted by Gasteiger charge is 1.97. The molecule has 62 valence electrons. The summed E-state index contributed by atoms with van der Waals surface area (Å²) in [7, 11) is 0. The van der Waals surface area contributed by atoms with Crippen LogP contribution in [0.25, 0.3) is 5.70 Å². The van der Waals surface area contributed by atoms with Crippen molar-refractivity contribution in [3.8, 4) is 0 Å². The van der Waals surface area contributed by atoms with Crippen molar-refractivity contribution in [3.05, 3.63) is 42.4 Å². The van der Waals surface area contributed by atoms with Gasteiger partial charge in [0.15, 0.2) is 0 Å². The molecule has 1 aromatic heterocycles. The van der Waals surface area contributed by atoms with Crippen molar-refractivity contribution in [2.24, 2.45) is 4.99 Å². The Bertz CT molecular complexity index is 294. The normalized spacial score (nSPS) is 12.2. The van der Waals surface area contributed by atoms with Gasteiger partial charge in [0, 0.05) is 5.56 Å². The van der Waals surface area contributed by atoms with Crippen LogP contribution in [-0.2, 0) is 0 Å². The first-order chi connectivity index (χ1) is 5.88. The van der Waals surface area contributed by atoms with Crippen LogP contribution in [-0.4, -0.2) is 6.72 Å². The van der Waals surface area contributed by atoms with Gasteiger partial charge in [-0.25, -0.2) is 0 Å². The van der Waals surface area contributed by atoms with Crippen molar-refractivity contribution in [1.29, 1.82) is 0 Å². The van der Waals surface area contributed by atoms with Crippen molar-refractivity contribution in [2.45, 2.75) is 6.92 Å². The van der Waals surface area contributed by atoms with E-state index in [1.807, 2.05) is 31.2 Å². The lowest BCUT2D eigenvalue weighted by Gasteiger charge is -1.92. The number of hydrogen-bond donors (Lipinski definition) is 0. The van der Waals surface area contributed by atoms with Crippen molar-refractivity contribution < 1.29 is 4.42 Å². The third-order valence-electron chi connectivity index (χ3n) is 1.43. The fraction of sp³-hybridized carbons (Fsp3) is 0.100. The SMILES string of the molecule is C=N/C(=C\C=C/C)c1ccoc1. The Hall–Kier alpha value is -1.57. The molecule has 0 aliphatic rings. The Balaban J connectivity index is 2.90. The predicted molar refractivity (Wildman–Crippen MR) is 51.0 cm³/mol. The fourth-order valence-corrected chi connectivity index (χ4v) is 0.838. The molecule has 0 unspecified atom stereocenters. The topological polar surface area (TPSA) is 25.5 Å². The summed E-state index contributed by atoms with van der Waals surface area (Å²) in [6.45, 7) is 5.43. The fourth-order valence-electron chi connectivity index (χ4n) is 0.838. The Kier molecular flexibility index (Phi) is 3.08. The molecular weight excluding hydrogens is 150 g/mol. The highest BCUT2D eigenvalue weighted by Crippen LogP contribution is 2.15. The van der Waals surface area contributed by atoms with Crippen LogP contribution in [0.1, 0.15) is 12.5 Å². The van der Waals surface area contributed by atoms with Crippen molar-refractivity contribution in [2.75, 3.05) is 0 Å². The third-order valence-corrected chi connectivity index (χ3v) is 1.43. The second kappa shape index (κ2) is 4.34. The van der Waals surface area contributed by atoms with Gasteiger partial charge < -0.3 is 4.42 Å². The molecule has 1 aromatic rings. The molecule has 0 amide bonds. The molecule has 1 rings (SSSR count). The Labute approximate surface area is 71.9 Å². The van der Waals surface area contributed by atoms with Crippen LogP contribution in [0.3, 0.4) is 0 Å². The van der Waals surface area contributed by atoms with Gasteiger partial charge in [0.25, 0.3) is 0 Å². The highest BCUT2D eigenvalue weighted by molar-refractivity contribution is 5.68. The summed E-state index contributed by atoms with van der Waals surface area (Å²) in [4.78, 5) is 3.87. The smallest absolute Gasteiger partial charge is 0.0996 e. The summed E-state index contributed by atoms with van der Waals surface area (Å²) in [5.41, 5.74) is 1.77. The molecular formula is C10H11NO. The molecule has 0 saturated carbocycles. The largest absolute Gasteiger partial charge is 0.472 e. The first-order valence-corrected chi connectivity index (χ1v) is 3.70. The summed E-state index contributed by atoms with van der Waals surface area (Å²) in [5.74, 6) is 0. The minimum atomic E-state index is 0.821. The van der Waals surface area contributed by atoms with E-state index in [0.717, 1.165) is 11.3 Å². The average Bonchev–Trinajstić information content (AvgIpc) is 2.59. The predicted octanol–water partition coefficient (Wildman–Crippen LogP) is 2.90. The van der Waals surface area contributed by atoms with E-state index in [4.69, 9.17) is 4.42 Å². The maximum absolute atomic E-state index is 4.92. The van der Waals surface area contributed by atoms with Crippen LogP contribution in [0.4, 0.5) is 0 Å². The first-order valence-electron chi connectivity index (χ1n) is 3.70. The van der Waals surface area contributed by atoms with E-state index in [1.165, 1.54) is 0 Å². The molecule has 1 heterocycles. The minimum absolute atomic E-state index is 0.821. The molecule has 0 aliphatic carbocycles. The lowest BCUT2D eigenvalue weighted by Crippen LogP contribution is -1.73. The molecule has 0 aromatic carbocycles. The van der Waals surface area contributed by atoms with Gasteiger partial charge in [-0.1, -0.05) is 12.2 Å². The number of hydrogen-bond acceptors (Lipinski definition) is 2. The molecule has 0 bridgehead atoms. The molecule has 12 heavy (non-hydrogen) atoms. The zero-order valence-corrected chi connectivity index (χ0v) is 7.03. The number of rotatable bonds is 3. The number of nitrogens with zero attached hydrogens (tertiary/aromatic N) is 1. The van der Waals surface area contributed by atoms with Gasteiger partial charge in [-0.2, -0.15) is 0 Å². The van der Waals surface area contributed by atoms with Crippen LogP contribution in [0.15, 0.2) is 46.2 Å². The van der Waals surface area contributed by atoms with Crippen LogP contribution in [0.5, 0.6) is 0 Å². The Morgan fingerprint density at radius 2 is 2.50 bits per heavy atom. The van der Waals surface area contributed by atoms with Crippen molar-refractivity contribution in [3.63, 3.8) is 0 Å². The van der Waals surface area contributed by atoms with Gasteiger partial charge in [-0.3, -0.25) is 4.99 Å². The lowest BCUT2D eigenvalue weighted by atomic mass is 10.2. The van der Waals surface area contributed by atoms with Crippen molar-refractivity contribution in [1.82, 2.24) is 0 Å². The van der Waals surface area contributed by atoms with Crippen molar-refractivity contribution >= 4 is 12.4 Å². The molecule has 0 aliphatic heterocycles. The second-order valence-corrected chi connectivity index (χ2v) is 2.25. The molecule has 0 spiro atoms. The number of furan rings is 1. The molecule has 0 atom stereocenters. The molecule has 0 fully saturated rings. The molecule has 0 radical (unpaired) electrons. The van der Waals surface area contributed by atoms with E-state index in [0.29, 0.717) is 0 Å². The Morgan fingerprint density at radius 1 is 1.67 bits per heavy atom. The first kappa shape index (κ1) is 8.53. The van der Waals surface area contributed by atoms with Gasteiger partial charge in [0.2, 0.25) is 0 Å². The quantitative estimate of drug-likeness (QED) is 0.494. The molecule has 0 N–H and O–H groups in total. The monoisotopic (exact) mass is 161 g/mol. The van der Waals surface area contributed by atoms with Crippen LogP contribution < -0.4 is 0 Å². The highest BCUT2D eigenvalue weighted by atomic mass is 16.3. The minimum Gasteiger partial charge on any atom is -0.472 e. The van der Waals surface area contributed by atoms with Crippen LogP contribution in [0.2, 0.25) is 0 Å². The van der Waals surface area contributed by atoms with Gasteiger partial charge >= 0.3 is 0 Å².